The zero-order valence-electron chi connectivity index (χ0n) is 11.1. The van der Waals surface area contributed by atoms with Crippen LogP contribution in [0.5, 0.6) is 0 Å². The number of nitrogens with zero attached hydrogens (tertiary/aromatic N) is 1. The van der Waals surface area contributed by atoms with Crippen molar-refractivity contribution in [3.05, 3.63) is 42.1 Å². The Hall–Kier alpha value is -1.74. The summed E-state index contributed by atoms with van der Waals surface area (Å²) in [6.45, 7) is 1.86. The van der Waals surface area contributed by atoms with Crippen LogP contribution in [0.2, 0.25) is 0 Å². The first-order valence-electron chi connectivity index (χ1n) is 6.74. The van der Waals surface area contributed by atoms with Gasteiger partial charge in [0.25, 0.3) is 0 Å². The normalized spacial score (nSPS) is 18.2. The number of Topliss-reactive ketones (excluding diaryl/α,β-unsaturated/α-hetero) is 1. The second kappa shape index (κ2) is 4.42. The lowest BCUT2D eigenvalue weighted by Crippen LogP contribution is -2.48. The number of fused-ring (bicyclic) bond motifs is 1. The monoisotopic (exact) mass is 254 g/mol. The van der Waals surface area contributed by atoms with Crippen molar-refractivity contribution in [3.63, 3.8) is 0 Å². The molecule has 19 heavy (non-hydrogen) atoms. The quantitative estimate of drug-likeness (QED) is 0.912. The summed E-state index contributed by atoms with van der Waals surface area (Å²) in [5, 5.41) is 1.09. The summed E-state index contributed by atoms with van der Waals surface area (Å²) in [6.07, 6.45) is 2.47. The standard InChI is InChI=1S/C16H18N2O/c1-16(17,12-7-8-12)15(19)10-13-9-6-11-4-2-3-5-14(11)18-13/h2-6,9,12H,7-8,10,17H2,1H3. The van der Waals surface area contributed by atoms with Gasteiger partial charge in [-0.05, 0) is 37.8 Å². The third kappa shape index (κ3) is 2.38. The Kier molecular flexibility index (Phi) is 2.86. The topological polar surface area (TPSA) is 56.0 Å². The van der Waals surface area contributed by atoms with Gasteiger partial charge in [-0.3, -0.25) is 9.78 Å². The number of benzene rings is 1. The Morgan fingerprint density at radius 3 is 2.79 bits per heavy atom. The Balaban J connectivity index is 1.83. The molecule has 2 N–H and O–H groups in total. The van der Waals surface area contributed by atoms with Gasteiger partial charge in [-0.2, -0.15) is 0 Å². The number of nitrogens with two attached hydrogens (primary N) is 1. The van der Waals surface area contributed by atoms with Gasteiger partial charge in [-0.1, -0.05) is 24.3 Å². The predicted octanol–water partition coefficient (Wildman–Crippen LogP) is 2.47. The molecule has 0 amide bonds. The van der Waals surface area contributed by atoms with Crippen LogP contribution in [0.3, 0.4) is 0 Å². The fraction of sp³-hybridized carbons (Fsp3) is 0.375. The number of pyridine rings is 1. The van der Waals surface area contributed by atoms with Crippen LogP contribution in [0, 0.1) is 5.92 Å². The Morgan fingerprint density at radius 1 is 1.32 bits per heavy atom. The molecule has 0 radical (unpaired) electrons. The molecule has 98 valence electrons. The van der Waals surface area contributed by atoms with Gasteiger partial charge >= 0.3 is 0 Å². The highest BCUT2D eigenvalue weighted by molar-refractivity contribution is 5.90. The van der Waals surface area contributed by atoms with Gasteiger partial charge in [-0.25, -0.2) is 0 Å². The first-order valence-corrected chi connectivity index (χ1v) is 6.74. The van der Waals surface area contributed by atoms with Crippen molar-refractivity contribution in [3.8, 4) is 0 Å². The Morgan fingerprint density at radius 2 is 2.05 bits per heavy atom. The van der Waals surface area contributed by atoms with Gasteiger partial charge in [0.05, 0.1) is 17.5 Å². The van der Waals surface area contributed by atoms with Crippen LogP contribution in [-0.4, -0.2) is 16.3 Å². The lowest BCUT2D eigenvalue weighted by atomic mass is 9.89. The average Bonchev–Trinajstić information content (AvgIpc) is 3.23. The van der Waals surface area contributed by atoms with E-state index in [0.29, 0.717) is 12.3 Å². The number of aromatic nitrogens is 1. The van der Waals surface area contributed by atoms with Gasteiger partial charge in [0, 0.05) is 11.1 Å². The van der Waals surface area contributed by atoms with E-state index in [9.17, 15) is 4.79 Å². The van der Waals surface area contributed by atoms with Gasteiger partial charge < -0.3 is 5.73 Å². The summed E-state index contributed by atoms with van der Waals surface area (Å²) in [7, 11) is 0. The molecule has 1 fully saturated rings. The van der Waals surface area contributed by atoms with Gasteiger partial charge in [0.1, 0.15) is 0 Å². The highest BCUT2D eigenvalue weighted by atomic mass is 16.1. The van der Waals surface area contributed by atoms with Crippen LogP contribution in [0.15, 0.2) is 36.4 Å². The third-order valence-corrected chi connectivity index (χ3v) is 4.02. The number of carbonyl (C=O) groups is 1. The van der Waals surface area contributed by atoms with Crippen LogP contribution in [0.25, 0.3) is 10.9 Å². The molecule has 1 aromatic carbocycles. The van der Waals surface area contributed by atoms with Gasteiger partial charge in [-0.15, -0.1) is 0 Å². The second-order valence-electron chi connectivity index (χ2n) is 5.65. The lowest BCUT2D eigenvalue weighted by Gasteiger charge is -2.22. The summed E-state index contributed by atoms with van der Waals surface area (Å²) >= 11 is 0. The van der Waals surface area contributed by atoms with Crippen LogP contribution < -0.4 is 5.73 Å². The van der Waals surface area contributed by atoms with E-state index >= 15 is 0 Å². The van der Waals surface area contributed by atoms with Crippen molar-refractivity contribution in [2.24, 2.45) is 11.7 Å². The minimum atomic E-state index is -0.687. The van der Waals surface area contributed by atoms with E-state index in [1.54, 1.807) is 0 Å². The van der Waals surface area contributed by atoms with Gasteiger partial charge in [0.2, 0.25) is 0 Å². The minimum Gasteiger partial charge on any atom is -0.319 e. The average molecular weight is 254 g/mol. The zero-order chi connectivity index (χ0) is 13.5. The molecule has 1 aromatic heterocycles. The second-order valence-corrected chi connectivity index (χ2v) is 5.65. The molecule has 1 heterocycles. The van der Waals surface area contributed by atoms with Crippen molar-refractivity contribution >= 4 is 16.7 Å². The van der Waals surface area contributed by atoms with E-state index in [4.69, 9.17) is 5.73 Å². The van der Waals surface area contributed by atoms with E-state index in [1.807, 2.05) is 43.3 Å². The third-order valence-electron chi connectivity index (χ3n) is 4.02. The molecule has 0 bridgehead atoms. The van der Waals surface area contributed by atoms with E-state index in [2.05, 4.69) is 4.98 Å². The number of hydrogen-bond donors (Lipinski definition) is 1. The smallest absolute Gasteiger partial charge is 0.158 e. The lowest BCUT2D eigenvalue weighted by molar-refractivity contribution is -0.123. The van der Waals surface area contributed by atoms with Crippen molar-refractivity contribution in [2.75, 3.05) is 0 Å². The van der Waals surface area contributed by atoms with E-state index < -0.39 is 5.54 Å². The minimum absolute atomic E-state index is 0.0952. The van der Waals surface area contributed by atoms with Crippen molar-refractivity contribution < 1.29 is 4.79 Å². The predicted molar refractivity (Wildman–Crippen MR) is 75.8 cm³/mol. The summed E-state index contributed by atoms with van der Waals surface area (Å²) in [4.78, 5) is 16.8. The first-order chi connectivity index (χ1) is 9.07. The number of hydrogen-bond acceptors (Lipinski definition) is 3. The molecule has 3 heteroatoms. The Bertz CT molecular complexity index is 629. The fourth-order valence-corrected chi connectivity index (χ4v) is 2.47. The van der Waals surface area contributed by atoms with Crippen molar-refractivity contribution in [1.29, 1.82) is 0 Å². The molecular weight excluding hydrogens is 236 g/mol. The largest absolute Gasteiger partial charge is 0.319 e. The summed E-state index contributed by atoms with van der Waals surface area (Å²) < 4.78 is 0. The molecule has 1 atom stereocenters. The summed E-state index contributed by atoms with van der Waals surface area (Å²) in [6, 6.07) is 11.9. The maximum atomic E-state index is 12.3. The number of rotatable bonds is 4. The molecule has 1 unspecified atom stereocenters. The van der Waals surface area contributed by atoms with Crippen LogP contribution in [-0.2, 0) is 11.2 Å². The summed E-state index contributed by atoms with van der Waals surface area (Å²) in [5.74, 6) is 0.457. The van der Waals surface area contributed by atoms with E-state index in [0.717, 1.165) is 29.4 Å². The maximum Gasteiger partial charge on any atom is 0.158 e. The van der Waals surface area contributed by atoms with Gasteiger partial charge in [0.15, 0.2) is 5.78 Å². The molecule has 1 saturated carbocycles. The number of ketones is 1. The molecule has 0 spiro atoms. The molecule has 1 aliphatic carbocycles. The number of para-hydroxylation sites is 1. The molecular formula is C16H18N2O. The fourth-order valence-electron chi connectivity index (χ4n) is 2.47. The van der Waals surface area contributed by atoms with E-state index in [1.165, 1.54) is 0 Å². The molecule has 3 rings (SSSR count). The van der Waals surface area contributed by atoms with Crippen LogP contribution >= 0.6 is 0 Å². The van der Waals surface area contributed by atoms with Crippen LogP contribution in [0.1, 0.15) is 25.5 Å². The van der Waals surface area contributed by atoms with E-state index in [-0.39, 0.29) is 5.78 Å². The van der Waals surface area contributed by atoms with Crippen molar-refractivity contribution in [2.45, 2.75) is 31.7 Å². The molecule has 1 aliphatic rings. The molecule has 0 saturated heterocycles. The first kappa shape index (κ1) is 12.3. The SMILES string of the molecule is CC(N)(C(=O)Cc1ccc2ccccc2n1)C1CC1. The zero-order valence-corrected chi connectivity index (χ0v) is 11.1. The molecule has 0 aliphatic heterocycles. The maximum absolute atomic E-state index is 12.3. The van der Waals surface area contributed by atoms with Crippen LogP contribution in [0.4, 0.5) is 0 Å². The summed E-state index contributed by atoms with van der Waals surface area (Å²) in [5.41, 5.74) is 7.20. The molecule has 2 aromatic rings. The number of carbonyl (C=O) groups excluding carboxylic acids is 1. The Labute approximate surface area is 112 Å². The van der Waals surface area contributed by atoms with Crippen molar-refractivity contribution in [1.82, 2.24) is 4.98 Å². The molecule has 3 nitrogen and oxygen atoms in total. The highest BCUT2D eigenvalue weighted by Gasteiger charge is 2.43. The highest BCUT2D eigenvalue weighted by Crippen LogP contribution is 2.38.